The van der Waals surface area contributed by atoms with E-state index in [0.29, 0.717) is 50.8 Å². The predicted octanol–water partition coefficient (Wildman–Crippen LogP) is 9.16. The molecule has 0 saturated carbocycles. The smallest absolute Gasteiger partial charge is 0.420 e. The van der Waals surface area contributed by atoms with Gasteiger partial charge in [0.2, 0.25) is 17.7 Å². The number of hydrogen-bond donors (Lipinski definition) is 2. The van der Waals surface area contributed by atoms with Gasteiger partial charge >= 0.3 is 12.4 Å². The van der Waals surface area contributed by atoms with Crippen LogP contribution in [0.2, 0.25) is 0 Å². The molecule has 2 atom stereocenters. The Kier molecular flexibility index (Phi) is 18.1. The summed E-state index contributed by atoms with van der Waals surface area (Å²) < 4.78 is 127. The number of rotatable bonds is 18. The first-order valence-electron chi connectivity index (χ1n) is 22.5. The molecule has 72 heavy (non-hydrogen) atoms. The van der Waals surface area contributed by atoms with Gasteiger partial charge in [0.15, 0.2) is 16.7 Å². The highest BCUT2D eigenvalue weighted by Crippen LogP contribution is 2.41. The molecule has 5 rings (SSSR count). The van der Waals surface area contributed by atoms with Gasteiger partial charge in [-0.1, -0.05) is 51.1 Å². The minimum absolute atomic E-state index is 0.0577. The van der Waals surface area contributed by atoms with Crippen LogP contribution in [0.1, 0.15) is 82.6 Å². The van der Waals surface area contributed by atoms with Gasteiger partial charge in [-0.3, -0.25) is 19.4 Å². The van der Waals surface area contributed by atoms with Crippen LogP contribution in [0.3, 0.4) is 0 Å². The number of aldehydes is 1. The molecule has 2 heterocycles. The van der Waals surface area contributed by atoms with Crippen molar-refractivity contribution in [3.05, 3.63) is 107 Å². The standard InChI is InChI=1S/C50H53F8N7O6S/c1-47(2,3)43(45(69)64-20-12-15-38(64)44(68)61-26-30-13-8-7-9-14-30)62-39(67)28-70-21-10-11-22-71-33-17-18-34(35(24-33)49(53,54)55)42-36(51)23-32(27-60-42)65(48(4,5)29-66)46(72)63(6)37-19-16-31(25-59)40(41(37)52)50(56,57)58/h7-9,13-14,16-19,23-24,27,29,38,43H,10-12,15,20-22,26,28H2,1-6H3,(H,61,68)(H,62,67)/t38-,43?/m0/s1. The number of nitriles is 1. The lowest BCUT2D eigenvalue weighted by atomic mass is 9.85. The normalized spacial score (nSPS) is 14.5. The fourth-order valence-corrected chi connectivity index (χ4v) is 8.32. The lowest BCUT2D eigenvalue weighted by Crippen LogP contribution is -2.58. The average Bonchev–Trinajstić information content (AvgIpc) is 3.81. The Bertz CT molecular complexity index is 2670. The first-order valence-corrected chi connectivity index (χ1v) is 22.9. The highest BCUT2D eigenvalue weighted by atomic mass is 32.1. The third-order valence-corrected chi connectivity index (χ3v) is 12.1. The summed E-state index contributed by atoms with van der Waals surface area (Å²) in [6, 6.07) is 14.0. The van der Waals surface area contributed by atoms with E-state index in [-0.39, 0.29) is 37.0 Å². The molecule has 0 bridgehead atoms. The molecule has 4 aromatic rings. The number of nitrogens with zero attached hydrogens (tertiary/aromatic N) is 5. The van der Waals surface area contributed by atoms with Crippen LogP contribution in [0.5, 0.6) is 5.75 Å². The number of anilines is 2. The molecule has 0 radical (unpaired) electrons. The van der Waals surface area contributed by atoms with Gasteiger partial charge in [0, 0.05) is 38.4 Å². The number of ether oxygens (including phenoxy) is 2. The number of pyridine rings is 1. The van der Waals surface area contributed by atoms with Crippen molar-refractivity contribution in [3.63, 3.8) is 0 Å². The van der Waals surface area contributed by atoms with Crippen molar-refractivity contribution in [2.75, 3.05) is 43.2 Å². The van der Waals surface area contributed by atoms with E-state index in [9.17, 15) is 45.5 Å². The second kappa shape index (κ2) is 23.2. The summed E-state index contributed by atoms with van der Waals surface area (Å²) in [5, 5.41) is 14.3. The average molecular weight is 1030 g/mol. The summed E-state index contributed by atoms with van der Waals surface area (Å²) in [6.45, 7) is 8.17. The molecule has 1 fully saturated rings. The van der Waals surface area contributed by atoms with Crippen molar-refractivity contribution in [1.82, 2.24) is 20.5 Å². The topological polar surface area (TPSA) is 157 Å². The van der Waals surface area contributed by atoms with Gasteiger partial charge in [-0.05, 0) is 93.1 Å². The van der Waals surface area contributed by atoms with Crippen LogP contribution in [0.15, 0.2) is 72.9 Å². The molecule has 3 amide bonds. The third kappa shape index (κ3) is 13.6. The van der Waals surface area contributed by atoms with Crippen LogP contribution >= 0.6 is 12.2 Å². The van der Waals surface area contributed by atoms with Crippen molar-refractivity contribution < 1.29 is 63.8 Å². The lowest BCUT2D eigenvalue weighted by molar-refractivity contribution is -0.144. The number of unbranched alkanes of at least 4 members (excludes halogenated alkanes) is 1. The SMILES string of the molecule is CN(C(=S)N(c1cnc(-c2ccc(OCCCCOCC(=O)NC(C(=O)N3CCC[C@H]3C(=O)NCc3ccccc3)C(C)(C)C)cc2C(F)(F)F)c(F)c1)C(C)(C)C=O)c1ccc(C#N)c(C(F)(F)F)c1F. The van der Waals surface area contributed by atoms with Crippen molar-refractivity contribution in [2.24, 2.45) is 5.41 Å². The van der Waals surface area contributed by atoms with Gasteiger partial charge < -0.3 is 39.6 Å². The van der Waals surface area contributed by atoms with Crippen LogP contribution < -0.4 is 25.2 Å². The van der Waals surface area contributed by atoms with Gasteiger partial charge in [-0.15, -0.1) is 0 Å². The van der Waals surface area contributed by atoms with Crippen LogP contribution in [0, 0.1) is 28.4 Å². The monoisotopic (exact) mass is 1030 g/mol. The maximum atomic E-state index is 16.0. The Morgan fingerprint density at radius 3 is 2.25 bits per heavy atom. The molecule has 0 aliphatic carbocycles. The Morgan fingerprint density at radius 1 is 0.958 bits per heavy atom. The Hall–Kier alpha value is -6.73. The number of halogens is 8. The first kappa shape index (κ1) is 56.2. The van der Waals surface area contributed by atoms with Gasteiger partial charge in [0.05, 0.1) is 46.9 Å². The number of carbonyl (C=O) groups is 4. The maximum Gasteiger partial charge on any atom is 0.420 e. The van der Waals surface area contributed by atoms with Crippen LogP contribution in [-0.4, -0.2) is 90.0 Å². The van der Waals surface area contributed by atoms with E-state index in [1.165, 1.54) is 30.9 Å². The molecule has 2 N–H and O–H groups in total. The molecule has 22 heteroatoms. The van der Waals surface area contributed by atoms with E-state index in [1.807, 2.05) is 30.3 Å². The van der Waals surface area contributed by atoms with E-state index >= 15 is 8.78 Å². The predicted molar refractivity (Wildman–Crippen MR) is 254 cm³/mol. The highest BCUT2D eigenvalue weighted by molar-refractivity contribution is 7.80. The van der Waals surface area contributed by atoms with Crippen molar-refractivity contribution in [2.45, 2.75) is 96.8 Å². The number of nitrogens with one attached hydrogen (secondary N) is 2. The van der Waals surface area contributed by atoms with Crippen molar-refractivity contribution in [3.8, 4) is 23.1 Å². The van der Waals surface area contributed by atoms with E-state index < -0.39 is 104 Å². The van der Waals surface area contributed by atoms with Gasteiger partial charge in [0.1, 0.15) is 42.0 Å². The van der Waals surface area contributed by atoms with Gasteiger partial charge in [-0.25, -0.2) is 8.78 Å². The molecule has 1 aromatic heterocycles. The van der Waals surface area contributed by atoms with E-state index in [4.69, 9.17) is 27.0 Å². The zero-order valence-corrected chi connectivity index (χ0v) is 41.0. The van der Waals surface area contributed by atoms with Crippen molar-refractivity contribution >= 4 is 52.7 Å². The lowest BCUT2D eigenvalue weighted by Gasteiger charge is -2.39. The summed E-state index contributed by atoms with van der Waals surface area (Å²) in [5.74, 6) is -4.63. The number of aromatic nitrogens is 1. The molecule has 13 nitrogen and oxygen atoms in total. The zero-order chi connectivity index (χ0) is 53.3. The summed E-state index contributed by atoms with van der Waals surface area (Å²) in [6.07, 6.45) is -7.40. The van der Waals surface area contributed by atoms with E-state index in [0.717, 1.165) is 46.8 Å². The van der Waals surface area contributed by atoms with E-state index in [2.05, 4.69) is 15.6 Å². The number of benzene rings is 3. The van der Waals surface area contributed by atoms with Crippen LogP contribution in [0.4, 0.5) is 46.5 Å². The minimum Gasteiger partial charge on any atom is -0.494 e. The number of amides is 3. The molecule has 386 valence electrons. The zero-order valence-electron chi connectivity index (χ0n) is 40.1. The number of hydrogen-bond acceptors (Lipinski definition) is 9. The quantitative estimate of drug-likeness (QED) is 0.0424. The second-order valence-electron chi connectivity index (χ2n) is 18.5. The largest absolute Gasteiger partial charge is 0.494 e. The van der Waals surface area contributed by atoms with Crippen molar-refractivity contribution in [1.29, 1.82) is 5.26 Å². The van der Waals surface area contributed by atoms with Gasteiger partial charge in [0.25, 0.3) is 0 Å². The summed E-state index contributed by atoms with van der Waals surface area (Å²) in [7, 11) is 1.06. The van der Waals surface area contributed by atoms with Gasteiger partial charge in [-0.2, -0.15) is 31.6 Å². The Morgan fingerprint density at radius 2 is 1.64 bits per heavy atom. The molecular formula is C50H53F8N7O6S. The Balaban J connectivity index is 1.19. The number of likely N-dealkylation sites (tertiary alicyclic amines) is 1. The number of thiocarbonyl (C=S) groups is 1. The minimum atomic E-state index is -5.29. The van der Waals surface area contributed by atoms with E-state index in [1.54, 1.807) is 20.8 Å². The fourth-order valence-electron chi connectivity index (χ4n) is 7.88. The molecule has 1 saturated heterocycles. The molecule has 3 aromatic carbocycles. The summed E-state index contributed by atoms with van der Waals surface area (Å²) in [5.41, 5.74) is -8.26. The summed E-state index contributed by atoms with van der Waals surface area (Å²) >= 11 is 5.46. The third-order valence-electron chi connectivity index (χ3n) is 11.6. The molecular weight excluding hydrogens is 979 g/mol. The number of carbonyl (C=O) groups excluding carboxylic acids is 4. The fraction of sp³-hybridized carbons (Fsp3) is 0.420. The molecule has 0 spiro atoms. The second-order valence-corrected chi connectivity index (χ2v) is 18.8. The van der Waals surface area contributed by atoms with Crippen LogP contribution in [0.25, 0.3) is 11.3 Å². The molecule has 1 unspecified atom stereocenters. The molecule has 1 aliphatic rings. The maximum absolute atomic E-state index is 16.0. The first-order chi connectivity index (χ1) is 33.7. The number of alkyl halides is 6. The molecule has 1 aliphatic heterocycles. The Labute approximate surface area is 416 Å². The summed E-state index contributed by atoms with van der Waals surface area (Å²) in [4.78, 5) is 59.3. The highest BCUT2D eigenvalue weighted by Gasteiger charge is 2.43. The van der Waals surface area contributed by atoms with Crippen LogP contribution in [-0.2, 0) is 42.8 Å².